The highest BCUT2D eigenvalue weighted by atomic mass is 16.5. The van der Waals surface area contributed by atoms with E-state index in [2.05, 4.69) is 20.2 Å². The van der Waals surface area contributed by atoms with Crippen molar-refractivity contribution in [1.29, 1.82) is 0 Å². The summed E-state index contributed by atoms with van der Waals surface area (Å²) in [5.74, 6) is 1.55. The van der Waals surface area contributed by atoms with Crippen molar-refractivity contribution >= 4 is 5.65 Å². The van der Waals surface area contributed by atoms with Crippen molar-refractivity contribution < 1.29 is 9.26 Å². The fourth-order valence-electron chi connectivity index (χ4n) is 3.31. The number of aromatic nitrogens is 5. The molecule has 1 unspecified atom stereocenters. The van der Waals surface area contributed by atoms with Crippen LogP contribution in [0.15, 0.2) is 29.0 Å². The minimum absolute atomic E-state index is 0.0880. The Morgan fingerprint density at radius 2 is 2.17 bits per heavy atom. The van der Waals surface area contributed by atoms with E-state index < -0.39 is 0 Å². The zero-order valence-corrected chi connectivity index (χ0v) is 13.1. The SMILES string of the molecule is CCOC(c1noc(-c2ccnc3ccnn23)n1)C1CCCC1. The first kappa shape index (κ1) is 14.3. The molecule has 0 amide bonds. The van der Waals surface area contributed by atoms with Crippen LogP contribution in [0.25, 0.3) is 17.2 Å². The van der Waals surface area contributed by atoms with Crippen LogP contribution in [0.3, 0.4) is 0 Å². The highest BCUT2D eigenvalue weighted by Crippen LogP contribution is 2.37. The maximum absolute atomic E-state index is 5.91. The van der Waals surface area contributed by atoms with E-state index in [0.717, 1.165) is 24.2 Å². The van der Waals surface area contributed by atoms with Gasteiger partial charge in [0.1, 0.15) is 11.8 Å². The molecule has 0 saturated heterocycles. The summed E-state index contributed by atoms with van der Waals surface area (Å²) in [5.41, 5.74) is 1.49. The number of ether oxygens (including phenoxy) is 1. The van der Waals surface area contributed by atoms with E-state index in [1.54, 1.807) is 16.9 Å². The normalized spacial score (nSPS) is 17.1. The highest BCUT2D eigenvalue weighted by molar-refractivity contribution is 5.52. The van der Waals surface area contributed by atoms with E-state index >= 15 is 0 Å². The fraction of sp³-hybridized carbons (Fsp3) is 0.500. The molecule has 0 aliphatic heterocycles. The second kappa shape index (κ2) is 6.08. The lowest BCUT2D eigenvalue weighted by Crippen LogP contribution is -2.15. The standard InChI is InChI=1S/C16H19N5O2/c1-2-22-14(11-5-3-4-6-11)15-19-16(23-20-15)12-7-9-17-13-8-10-18-21(12)13/h7-11,14H,2-6H2,1H3. The van der Waals surface area contributed by atoms with Crippen LogP contribution >= 0.6 is 0 Å². The Hall–Kier alpha value is -2.28. The van der Waals surface area contributed by atoms with E-state index in [4.69, 9.17) is 9.26 Å². The van der Waals surface area contributed by atoms with E-state index in [1.165, 1.54) is 12.8 Å². The molecule has 1 atom stereocenters. The summed E-state index contributed by atoms with van der Waals surface area (Å²) in [6, 6.07) is 3.66. The van der Waals surface area contributed by atoms with Gasteiger partial charge in [-0.15, -0.1) is 0 Å². The van der Waals surface area contributed by atoms with Crippen LogP contribution in [0.1, 0.15) is 44.5 Å². The van der Waals surface area contributed by atoms with Crippen molar-refractivity contribution in [3.05, 3.63) is 30.4 Å². The molecule has 1 aliphatic carbocycles. The van der Waals surface area contributed by atoms with Crippen molar-refractivity contribution in [2.24, 2.45) is 5.92 Å². The first-order valence-corrected chi connectivity index (χ1v) is 8.11. The van der Waals surface area contributed by atoms with Crippen LogP contribution in [0.4, 0.5) is 0 Å². The summed E-state index contributed by atoms with van der Waals surface area (Å²) < 4.78 is 13.1. The number of fused-ring (bicyclic) bond motifs is 1. The van der Waals surface area contributed by atoms with Gasteiger partial charge in [-0.05, 0) is 31.7 Å². The molecule has 3 heterocycles. The predicted octanol–water partition coefficient (Wildman–Crippen LogP) is 3.05. The molecular formula is C16H19N5O2. The van der Waals surface area contributed by atoms with Crippen LogP contribution in [0.2, 0.25) is 0 Å². The third kappa shape index (κ3) is 2.61. The Kier molecular flexibility index (Phi) is 3.78. The molecule has 3 aromatic heterocycles. The minimum atomic E-state index is -0.0880. The first-order valence-electron chi connectivity index (χ1n) is 8.11. The Morgan fingerprint density at radius 1 is 1.30 bits per heavy atom. The van der Waals surface area contributed by atoms with Gasteiger partial charge in [-0.25, -0.2) is 9.50 Å². The van der Waals surface area contributed by atoms with Gasteiger partial charge < -0.3 is 9.26 Å². The van der Waals surface area contributed by atoms with Crippen molar-refractivity contribution in [3.8, 4) is 11.6 Å². The average Bonchev–Trinajstić information content (AvgIpc) is 3.32. The lowest BCUT2D eigenvalue weighted by molar-refractivity contribution is 0.0127. The van der Waals surface area contributed by atoms with Gasteiger partial charge in [0.05, 0.1) is 6.20 Å². The monoisotopic (exact) mass is 313 g/mol. The molecule has 7 heteroatoms. The number of hydrogen-bond acceptors (Lipinski definition) is 6. The first-order chi connectivity index (χ1) is 11.4. The van der Waals surface area contributed by atoms with Gasteiger partial charge in [0.25, 0.3) is 5.89 Å². The molecule has 0 bridgehead atoms. The van der Waals surface area contributed by atoms with Gasteiger partial charge in [0.15, 0.2) is 5.65 Å². The van der Waals surface area contributed by atoms with E-state index in [9.17, 15) is 0 Å². The highest BCUT2D eigenvalue weighted by Gasteiger charge is 2.31. The Bertz CT molecular complexity index is 790. The summed E-state index contributed by atoms with van der Waals surface area (Å²) in [6.07, 6.45) is 8.14. The van der Waals surface area contributed by atoms with Crippen molar-refractivity contribution in [2.75, 3.05) is 6.61 Å². The van der Waals surface area contributed by atoms with Crippen LogP contribution in [0.5, 0.6) is 0 Å². The molecular weight excluding hydrogens is 294 g/mol. The Balaban J connectivity index is 1.68. The van der Waals surface area contributed by atoms with E-state index in [0.29, 0.717) is 24.2 Å². The number of hydrogen-bond donors (Lipinski definition) is 0. The van der Waals surface area contributed by atoms with Gasteiger partial charge in [-0.3, -0.25) is 0 Å². The summed E-state index contributed by atoms with van der Waals surface area (Å²) in [7, 11) is 0. The maximum atomic E-state index is 5.91. The van der Waals surface area contributed by atoms with Crippen LogP contribution < -0.4 is 0 Å². The number of rotatable bonds is 5. The van der Waals surface area contributed by atoms with Crippen LogP contribution in [-0.2, 0) is 4.74 Å². The zero-order chi connectivity index (χ0) is 15.6. The summed E-state index contributed by atoms with van der Waals surface area (Å²) in [5, 5.41) is 8.43. The van der Waals surface area contributed by atoms with Crippen molar-refractivity contribution in [3.63, 3.8) is 0 Å². The fourth-order valence-corrected chi connectivity index (χ4v) is 3.31. The van der Waals surface area contributed by atoms with Gasteiger partial charge in [0.2, 0.25) is 5.82 Å². The topological polar surface area (TPSA) is 78.3 Å². The molecule has 7 nitrogen and oxygen atoms in total. The predicted molar refractivity (Wildman–Crippen MR) is 82.6 cm³/mol. The lowest BCUT2D eigenvalue weighted by atomic mass is 10.0. The molecule has 0 spiro atoms. The Labute approximate surface area is 133 Å². The summed E-state index contributed by atoms with van der Waals surface area (Å²) in [4.78, 5) is 8.83. The minimum Gasteiger partial charge on any atom is -0.370 e. The smallest absolute Gasteiger partial charge is 0.276 e. The lowest BCUT2D eigenvalue weighted by Gasteiger charge is -2.19. The molecule has 0 aromatic carbocycles. The van der Waals surface area contributed by atoms with Crippen molar-refractivity contribution in [2.45, 2.75) is 38.7 Å². The van der Waals surface area contributed by atoms with Gasteiger partial charge in [0, 0.05) is 18.9 Å². The molecule has 3 aromatic rings. The third-order valence-corrected chi connectivity index (χ3v) is 4.38. The molecule has 23 heavy (non-hydrogen) atoms. The average molecular weight is 313 g/mol. The second-order valence-electron chi connectivity index (χ2n) is 5.81. The molecule has 1 fully saturated rings. The molecule has 0 radical (unpaired) electrons. The van der Waals surface area contributed by atoms with Gasteiger partial charge in [-0.1, -0.05) is 18.0 Å². The zero-order valence-electron chi connectivity index (χ0n) is 13.1. The van der Waals surface area contributed by atoms with Crippen LogP contribution in [-0.4, -0.2) is 31.3 Å². The Morgan fingerprint density at radius 3 is 3.00 bits per heavy atom. The van der Waals surface area contributed by atoms with Crippen LogP contribution in [0, 0.1) is 5.92 Å². The van der Waals surface area contributed by atoms with Gasteiger partial charge >= 0.3 is 0 Å². The largest absolute Gasteiger partial charge is 0.370 e. The molecule has 0 N–H and O–H groups in total. The van der Waals surface area contributed by atoms with E-state index in [1.807, 2.05) is 19.1 Å². The molecule has 4 rings (SSSR count). The maximum Gasteiger partial charge on any atom is 0.276 e. The summed E-state index contributed by atoms with van der Waals surface area (Å²) >= 11 is 0. The molecule has 120 valence electrons. The quantitative estimate of drug-likeness (QED) is 0.720. The second-order valence-corrected chi connectivity index (χ2v) is 5.81. The summed E-state index contributed by atoms with van der Waals surface area (Å²) in [6.45, 7) is 2.64. The molecule has 1 aliphatic rings. The van der Waals surface area contributed by atoms with Crippen molar-refractivity contribution in [1.82, 2.24) is 24.7 Å². The van der Waals surface area contributed by atoms with Gasteiger partial charge in [-0.2, -0.15) is 10.1 Å². The number of nitrogens with zero attached hydrogens (tertiary/aromatic N) is 5. The van der Waals surface area contributed by atoms with E-state index in [-0.39, 0.29) is 6.10 Å². The third-order valence-electron chi connectivity index (χ3n) is 4.38. The molecule has 1 saturated carbocycles.